The van der Waals surface area contributed by atoms with Crippen LogP contribution in [0.3, 0.4) is 0 Å². The minimum absolute atomic E-state index is 0.0748. The Bertz CT molecular complexity index is 1790. The highest BCUT2D eigenvalue weighted by Gasteiger charge is 2.35. The molecule has 12 nitrogen and oxygen atoms in total. The third kappa shape index (κ3) is 11.5. The lowest BCUT2D eigenvalue weighted by Crippen LogP contribution is -2.52. The first-order chi connectivity index (χ1) is 22.7. The first-order valence-electron chi connectivity index (χ1n) is 16.0. The van der Waals surface area contributed by atoms with Gasteiger partial charge in [0.2, 0.25) is 5.91 Å². The lowest BCUT2D eigenvalue weighted by molar-refractivity contribution is -0.163. The maximum absolute atomic E-state index is 13.3. The van der Waals surface area contributed by atoms with Crippen LogP contribution in [0.4, 0.5) is 5.69 Å². The smallest absolute Gasteiger partial charge is 0.331 e. The van der Waals surface area contributed by atoms with Crippen LogP contribution in [0, 0.1) is 19.3 Å². The van der Waals surface area contributed by atoms with Crippen molar-refractivity contribution in [3.05, 3.63) is 69.8 Å². The Hall–Kier alpha value is -5.18. The predicted molar refractivity (Wildman–Crippen MR) is 188 cm³/mol. The number of amides is 2. The van der Waals surface area contributed by atoms with E-state index in [1.165, 1.54) is 13.8 Å². The number of aromatic amines is 1. The van der Waals surface area contributed by atoms with Crippen molar-refractivity contribution in [1.29, 1.82) is 0 Å². The Balaban J connectivity index is 1.73. The number of fused-ring (bicyclic) bond motifs is 1. The summed E-state index contributed by atoms with van der Waals surface area (Å²) < 4.78 is 10.9. The number of anilines is 1. The van der Waals surface area contributed by atoms with Crippen molar-refractivity contribution in [3.63, 3.8) is 0 Å². The average Bonchev–Trinajstić information content (AvgIpc) is 2.97. The maximum atomic E-state index is 13.3. The number of aromatic nitrogens is 2. The predicted octanol–water partition coefficient (Wildman–Crippen LogP) is 4.33. The molecule has 3 N–H and O–H groups in total. The Kier molecular flexibility index (Phi) is 12.0. The molecule has 0 saturated carbocycles. The summed E-state index contributed by atoms with van der Waals surface area (Å²) in [6, 6.07) is 11.0. The number of benzene rings is 2. The van der Waals surface area contributed by atoms with Gasteiger partial charge in [-0.05, 0) is 111 Å². The van der Waals surface area contributed by atoms with Gasteiger partial charge >= 0.3 is 11.9 Å². The number of hydrogen-bond acceptors (Lipinski definition) is 9. The second kappa shape index (κ2) is 15.4. The molecule has 2 aromatic carbocycles. The van der Waals surface area contributed by atoms with Crippen LogP contribution < -0.4 is 21.1 Å². The zero-order valence-corrected chi connectivity index (χ0v) is 29.8. The van der Waals surface area contributed by atoms with E-state index in [4.69, 9.17) is 15.9 Å². The third-order valence-corrected chi connectivity index (χ3v) is 7.06. The van der Waals surface area contributed by atoms with Crippen LogP contribution in [-0.4, -0.2) is 63.0 Å². The first-order valence-corrected chi connectivity index (χ1v) is 16.0. The van der Waals surface area contributed by atoms with E-state index < -0.39 is 46.5 Å². The molecule has 262 valence electrons. The van der Waals surface area contributed by atoms with E-state index in [1.807, 2.05) is 11.0 Å². The lowest BCUT2D eigenvalue weighted by Gasteiger charge is -2.29. The Morgan fingerprint density at radius 1 is 0.959 bits per heavy atom. The van der Waals surface area contributed by atoms with Gasteiger partial charge < -0.3 is 30.0 Å². The number of terminal acetylenes is 1. The zero-order valence-electron chi connectivity index (χ0n) is 29.8. The summed E-state index contributed by atoms with van der Waals surface area (Å²) in [5.41, 5.74) is -0.662. The van der Waals surface area contributed by atoms with Gasteiger partial charge in [0.15, 0.2) is 0 Å². The Labute approximate surface area is 287 Å². The highest BCUT2D eigenvalue weighted by Crippen LogP contribution is 2.21. The normalized spacial score (nSPS) is 12.4. The van der Waals surface area contributed by atoms with Gasteiger partial charge in [-0.1, -0.05) is 12.0 Å². The average molecular weight is 674 g/mol. The number of carbonyl (C=O) groups is 4. The molecule has 0 fully saturated rings. The summed E-state index contributed by atoms with van der Waals surface area (Å²) in [5, 5.41) is 5.82. The van der Waals surface area contributed by atoms with Crippen molar-refractivity contribution < 1.29 is 28.7 Å². The van der Waals surface area contributed by atoms with Gasteiger partial charge in [-0.25, -0.2) is 14.6 Å². The topological polar surface area (TPSA) is 160 Å². The first kappa shape index (κ1) is 38.3. The van der Waals surface area contributed by atoms with E-state index in [0.717, 1.165) is 11.3 Å². The molecule has 0 unspecified atom stereocenters. The molecule has 49 heavy (non-hydrogen) atoms. The minimum Gasteiger partial charge on any atom is -0.458 e. The van der Waals surface area contributed by atoms with Gasteiger partial charge in [0.25, 0.3) is 11.5 Å². The largest absolute Gasteiger partial charge is 0.458 e. The summed E-state index contributed by atoms with van der Waals surface area (Å²) in [5.74, 6) is 0.834. The molecule has 0 aliphatic carbocycles. The molecule has 1 aromatic heterocycles. The van der Waals surface area contributed by atoms with Crippen LogP contribution >= 0.6 is 0 Å². The molecule has 0 aliphatic rings. The van der Waals surface area contributed by atoms with Crippen LogP contribution in [0.5, 0.6) is 0 Å². The van der Waals surface area contributed by atoms with Crippen molar-refractivity contribution in [2.45, 2.75) is 104 Å². The van der Waals surface area contributed by atoms with E-state index in [0.29, 0.717) is 23.3 Å². The van der Waals surface area contributed by atoms with E-state index in [9.17, 15) is 24.0 Å². The number of rotatable bonds is 12. The van der Waals surface area contributed by atoms with Crippen LogP contribution in [0.2, 0.25) is 0 Å². The van der Waals surface area contributed by atoms with Crippen molar-refractivity contribution in [3.8, 4) is 12.3 Å². The molecular formula is C37H47N5O7. The van der Waals surface area contributed by atoms with Crippen LogP contribution in [0.25, 0.3) is 10.9 Å². The van der Waals surface area contributed by atoms with Gasteiger partial charge in [-0.3, -0.25) is 14.4 Å². The van der Waals surface area contributed by atoms with Gasteiger partial charge in [0, 0.05) is 24.2 Å². The monoisotopic (exact) mass is 673 g/mol. The van der Waals surface area contributed by atoms with Crippen molar-refractivity contribution >= 4 is 40.3 Å². The summed E-state index contributed by atoms with van der Waals surface area (Å²) in [4.78, 5) is 73.4. The molecule has 12 heteroatoms. The van der Waals surface area contributed by atoms with Gasteiger partial charge in [-0.2, -0.15) is 0 Å². The highest BCUT2D eigenvalue weighted by molar-refractivity contribution is 5.97. The van der Waals surface area contributed by atoms with E-state index in [-0.39, 0.29) is 30.5 Å². The van der Waals surface area contributed by atoms with E-state index >= 15 is 0 Å². The fourth-order valence-electron chi connectivity index (χ4n) is 4.80. The fraction of sp³-hybridized carbons (Fsp3) is 0.459. The maximum Gasteiger partial charge on any atom is 0.331 e. The fourth-order valence-corrected chi connectivity index (χ4v) is 4.80. The SMILES string of the molecule is C#CCN(Cc1ccc2nc(C)[nH]c(=O)c2c1)c1ccc(C(=O)N[C@@H](CCC(=O)NC(C)(C)C(=O)OC(C)(C)C)C(=O)OC(C)(C)C)cc1. The van der Waals surface area contributed by atoms with Crippen molar-refractivity contribution in [2.24, 2.45) is 0 Å². The van der Waals surface area contributed by atoms with Crippen molar-refractivity contribution in [2.75, 3.05) is 11.4 Å². The molecule has 0 saturated heterocycles. The summed E-state index contributed by atoms with van der Waals surface area (Å²) >= 11 is 0. The summed E-state index contributed by atoms with van der Waals surface area (Å²) in [6.45, 7) is 15.7. The second-order valence-electron chi connectivity index (χ2n) is 14.4. The molecule has 0 spiro atoms. The second-order valence-corrected chi connectivity index (χ2v) is 14.4. The molecule has 0 bridgehead atoms. The van der Waals surface area contributed by atoms with Gasteiger partial charge in [0.1, 0.15) is 28.6 Å². The lowest BCUT2D eigenvalue weighted by atomic mass is 10.0. The zero-order chi connectivity index (χ0) is 36.7. The number of nitrogens with zero attached hydrogens (tertiary/aromatic N) is 2. The molecule has 1 heterocycles. The van der Waals surface area contributed by atoms with Crippen LogP contribution in [0.1, 0.15) is 90.0 Å². The number of hydrogen-bond donors (Lipinski definition) is 3. The summed E-state index contributed by atoms with van der Waals surface area (Å²) in [7, 11) is 0. The highest BCUT2D eigenvalue weighted by atomic mass is 16.6. The summed E-state index contributed by atoms with van der Waals surface area (Å²) in [6.07, 6.45) is 5.41. The number of H-pyrrole nitrogens is 1. The number of esters is 2. The third-order valence-electron chi connectivity index (χ3n) is 7.06. The van der Waals surface area contributed by atoms with Crippen LogP contribution in [-0.2, 0) is 30.4 Å². The van der Waals surface area contributed by atoms with Crippen LogP contribution in [0.15, 0.2) is 47.3 Å². The standard InChI is InChI=1S/C37H47N5O7/c1-11-20-42(22-24-12-17-28-27(21-24)32(45)39-23(2)38-28)26-15-13-25(14-16-26)31(44)40-29(33(46)48-35(3,4)5)18-19-30(43)41-37(9,10)34(47)49-36(6,7)8/h1,12-17,21,29H,18-20,22H2,2-10H3,(H,40,44)(H,41,43)(H,38,39,45)/t29-/m0/s1. The number of nitrogens with one attached hydrogen (secondary N) is 3. The Morgan fingerprint density at radius 2 is 1.59 bits per heavy atom. The molecule has 1 atom stereocenters. The van der Waals surface area contributed by atoms with Crippen molar-refractivity contribution in [1.82, 2.24) is 20.6 Å². The number of carbonyl (C=O) groups excluding carboxylic acids is 4. The van der Waals surface area contributed by atoms with E-state index in [2.05, 4.69) is 26.5 Å². The van der Waals surface area contributed by atoms with E-state index in [1.54, 1.807) is 84.9 Å². The van der Waals surface area contributed by atoms with Gasteiger partial charge in [0.05, 0.1) is 17.4 Å². The van der Waals surface area contributed by atoms with Gasteiger partial charge in [-0.15, -0.1) is 6.42 Å². The molecule has 2 amide bonds. The molecule has 3 rings (SSSR count). The molecule has 3 aromatic rings. The molecule has 0 radical (unpaired) electrons. The quantitative estimate of drug-likeness (QED) is 0.188. The number of aryl methyl sites for hydroxylation is 1. The molecular weight excluding hydrogens is 626 g/mol. The number of ether oxygens (including phenoxy) is 2. The minimum atomic E-state index is -1.31. The molecule has 0 aliphatic heterocycles. The Morgan fingerprint density at radius 3 is 2.18 bits per heavy atom.